The molecule has 0 bridgehead atoms. The number of anilines is 3. The van der Waals surface area contributed by atoms with Gasteiger partial charge in [-0.25, -0.2) is 0 Å². The van der Waals surface area contributed by atoms with Crippen molar-refractivity contribution in [2.75, 3.05) is 4.90 Å². The van der Waals surface area contributed by atoms with Crippen molar-refractivity contribution in [3.63, 3.8) is 0 Å². The first kappa shape index (κ1) is 28.8. The molecule has 1 nitrogen and oxygen atoms in total. The Bertz CT molecular complexity index is 2530. The van der Waals surface area contributed by atoms with Crippen molar-refractivity contribution < 1.29 is 0 Å². The second kappa shape index (κ2) is 12.3. The molecule has 9 aromatic carbocycles. The Kier molecular flexibility index (Phi) is 7.22. The zero-order chi connectivity index (χ0) is 32.6. The minimum absolute atomic E-state index is 1.13. The molecular weight excluding hydrogens is 591 g/mol. The van der Waals surface area contributed by atoms with E-state index in [9.17, 15) is 0 Å². The van der Waals surface area contributed by atoms with Gasteiger partial charge in [0.25, 0.3) is 0 Å². The average molecular weight is 624 g/mol. The molecule has 9 aromatic rings. The Morgan fingerprint density at radius 1 is 0.204 bits per heavy atom. The van der Waals surface area contributed by atoms with E-state index in [2.05, 4.69) is 205 Å². The summed E-state index contributed by atoms with van der Waals surface area (Å²) in [6, 6.07) is 72.4. The maximum Gasteiger partial charge on any atom is 0.0462 e. The van der Waals surface area contributed by atoms with Gasteiger partial charge in [0.2, 0.25) is 0 Å². The summed E-state index contributed by atoms with van der Waals surface area (Å²) >= 11 is 0. The highest BCUT2D eigenvalue weighted by atomic mass is 15.1. The van der Waals surface area contributed by atoms with Crippen LogP contribution in [-0.4, -0.2) is 0 Å². The van der Waals surface area contributed by atoms with Crippen molar-refractivity contribution in [2.24, 2.45) is 0 Å². The van der Waals surface area contributed by atoms with E-state index >= 15 is 0 Å². The largest absolute Gasteiger partial charge is 0.311 e. The summed E-state index contributed by atoms with van der Waals surface area (Å²) in [4.78, 5) is 2.30. The summed E-state index contributed by atoms with van der Waals surface area (Å²) < 4.78 is 0. The highest BCUT2D eigenvalue weighted by Crippen LogP contribution is 2.36. The van der Waals surface area contributed by atoms with Crippen LogP contribution in [0.25, 0.3) is 65.7 Å². The molecule has 0 N–H and O–H groups in total. The van der Waals surface area contributed by atoms with Gasteiger partial charge in [-0.15, -0.1) is 0 Å². The van der Waals surface area contributed by atoms with Gasteiger partial charge in [0, 0.05) is 17.1 Å². The molecule has 0 aliphatic rings. The Labute approximate surface area is 287 Å². The first-order valence-corrected chi connectivity index (χ1v) is 16.8. The predicted molar refractivity (Wildman–Crippen MR) is 210 cm³/mol. The standard InChI is InChI=1S/C48H33N/c1-3-11-46(12-4-1)49(47-13-5-2-6-14-47)48-27-25-37(26-28-48)41-22-24-43-32-44-30-40(21-23-42(44)33-45(43)31-41)36-17-15-35(16-18-36)39-20-19-34-9-7-8-10-38(34)29-39/h1-33H. The van der Waals surface area contributed by atoms with Crippen LogP contribution >= 0.6 is 0 Å². The van der Waals surface area contributed by atoms with Crippen LogP contribution in [0, 0.1) is 0 Å². The van der Waals surface area contributed by atoms with Crippen LogP contribution in [0.4, 0.5) is 17.1 Å². The minimum atomic E-state index is 1.13. The average Bonchev–Trinajstić information content (AvgIpc) is 3.18. The second-order valence-corrected chi connectivity index (χ2v) is 12.7. The van der Waals surface area contributed by atoms with Gasteiger partial charge in [-0.3, -0.25) is 0 Å². The molecular formula is C48H33N. The van der Waals surface area contributed by atoms with Gasteiger partial charge in [-0.05, 0) is 132 Å². The van der Waals surface area contributed by atoms with Crippen LogP contribution in [0.3, 0.4) is 0 Å². The molecule has 0 unspecified atom stereocenters. The molecule has 0 spiro atoms. The van der Waals surface area contributed by atoms with Crippen molar-refractivity contribution in [1.29, 1.82) is 0 Å². The molecule has 0 saturated carbocycles. The molecule has 0 radical (unpaired) electrons. The van der Waals surface area contributed by atoms with Gasteiger partial charge in [-0.1, -0.05) is 133 Å². The Hall–Kier alpha value is -6.44. The molecule has 0 saturated heterocycles. The molecule has 1 heteroatoms. The number of hydrogen-bond donors (Lipinski definition) is 0. The number of nitrogens with zero attached hydrogens (tertiary/aromatic N) is 1. The van der Waals surface area contributed by atoms with E-state index in [-0.39, 0.29) is 0 Å². The van der Waals surface area contributed by atoms with Crippen LogP contribution < -0.4 is 4.90 Å². The molecule has 49 heavy (non-hydrogen) atoms. The van der Waals surface area contributed by atoms with Crippen molar-refractivity contribution >= 4 is 49.4 Å². The first-order valence-electron chi connectivity index (χ1n) is 16.8. The van der Waals surface area contributed by atoms with E-state index in [1.165, 1.54) is 65.7 Å². The van der Waals surface area contributed by atoms with Gasteiger partial charge in [0.05, 0.1) is 0 Å². The summed E-state index contributed by atoms with van der Waals surface area (Å²) in [7, 11) is 0. The SMILES string of the molecule is c1ccc(N(c2ccccc2)c2ccc(-c3ccc4cc5cc(-c6ccc(-c7ccc8ccccc8c7)cc6)ccc5cc4c3)cc2)cc1. The summed E-state index contributed by atoms with van der Waals surface area (Å²) in [5, 5.41) is 7.53. The van der Waals surface area contributed by atoms with Crippen molar-refractivity contribution in [1.82, 2.24) is 0 Å². The normalized spacial score (nSPS) is 11.3. The Morgan fingerprint density at radius 2 is 0.531 bits per heavy atom. The monoisotopic (exact) mass is 623 g/mol. The van der Waals surface area contributed by atoms with Crippen molar-refractivity contribution in [2.45, 2.75) is 0 Å². The summed E-state index contributed by atoms with van der Waals surface area (Å²) in [5.74, 6) is 0. The topological polar surface area (TPSA) is 3.24 Å². The van der Waals surface area contributed by atoms with E-state index < -0.39 is 0 Å². The fraction of sp³-hybridized carbons (Fsp3) is 0. The van der Waals surface area contributed by atoms with Crippen LogP contribution in [0.5, 0.6) is 0 Å². The Morgan fingerprint density at radius 3 is 1.02 bits per heavy atom. The van der Waals surface area contributed by atoms with E-state index in [0.717, 1.165) is 17.1 Å². The van der Waals surface area contributed by atoms with E-state index in [1.807, 2.05) is 0 Å². The van der Waals surface area contributed by atoms with Crippen molar-refractivity contribution in [3.05, 3.63) is 200 Å². The second-order valence-electron chi connectivity index (χ2n) is 12.7. The van der Waals surface area contributed by atoms with E-state index in [0.29, 0.717) is 0 Å². The molecule has 0 atom stereocenters. The van der Waals surface area contributed by atoms with Gasteiger partial charge in [0.1, 0.15) is 0 Å². The molecule has 0 amide bonds. The highest BCUT2D eigenvalue weighted by Gasteiger charge is 2.12. The summed E-state index contributed by atoms with van der Waals surface area (Å²) in [6.07, 6.45) is 0. The predicted octanol–water partition coefficient (Wildman–Crippen LogP) is 13.6. The number of para-hydroxylation sites is 2. The smallest absolute Gasteiger partial charge is 0.0462 e. The van der Waals surface area contributed by atoms with Gasteiger partial charge in [-0.2, -0.15) is 0 Å². The molecule has 9 rings (SSSR count). The fourth-order valence-electron chi connectivity index (χ4n) is 6.98. The molecule has 0 heterocycles. The van der Waals surface area contributed by atoms with Gasteiger partial charge in [0.15, 0.2) is 0 Å². The van der Waals surface area contributed by atoms with Gasteiger partial charge >= 0.3 is 0 Å². The lowest BCUT2D eigenvalue weighted by atomic mass is 9.95. The minimum Gasteiger partial charge on any atom is -0.311 e. The zero-order valence-corrected chi connectivity index (χ0v) is 27.0. The van der Waals surface area contributed by atoms with E-state index in [1.54, 1.807) is 0 Å². The number of hydrogen-bond acceptors (Lipinski definition) is 1. The third-order valence-electron chi connectivity index (χ3n) is 9.58. The van der Waals surface area contributed by atoms with Crippen LogP contribution in [0.15, 0.2) is 200 Å². The third-order valence-corrected chi connectivity index (χ3v) is 9.58. The van der Waals surface area contributed by atoms with Crippen LogP contribution in [0.1, 0.15) is 0 Å². The first-order chi connectivity index (χ1) is 24.2. The van der Waals surface area contributed by atoms with Crippen molar-refractivity contribution in [3.8, 4) is 33.4 Å². The van der Waals surface area contributed by atoms with Crippen LogP contribution in [-0.2, 0) is 0 Å². The highest BCUT2D eigenvalue weighted by molar-refractivity contribution is 6.01. The molecule has 0 aliphatic heterocycles. The van der Waals surface area contributed by atoms with Crippen LogP contribution in [0.2, 0.25) is 0 Å². The summed E-state index contributed by atoms with van der Waals surface area (Å²) in [5.41, 5.74) is 10.8. The maximum absolute atomic E-state index is 2.32. The Balaban J connectivity index is 0.990. The number of benzene rings is 9. The number of fused-ring (bicyclic) bond motifs is 3. The lowest BCUT2D eigenvalue weighted by Gasteiger charge is -2.25. The molecule has 0 aromatic heterocycles. The quantitative estimate of drug-likeness (QED) is 0.167. The van der Waals surface area contributed by atoms with E-state index in [4.69, 9.17) is 0 Å². The lowest BCUT2D eigenvalue weighted by molar-refractivity contribution is 1.28. The van der Waals surface area contributed by atoms with Gasteiger partial charge < -0.3 is 4.90 Å². The number of rotatable bonds is 6. The summed E-state index contributed by atoms with van der Waals surface area (Å²) in [6.45, 7) is 0. The lowest BCUT2D eigenvalue weighted by Crippen LogP contribution is -2.09. The zero-order valence-electron chi connectivity index (χ0n) is 27.0. The molecule has 0 aliphatic carbocycles. The third kappa shape index (κ3) is 5.62. The fourth-order valence-corrected chi connectivity index (χ4v) is 6.98. The molecule has 230 valence electrons. The molecule has 0 fully saturated rings. The maximum atomic E-state index is 2.32.